The van der Waals surface area contributed by atoms with Crippen LogP contribution in [0.25, 0.3) is 0 Å². The monoisotopic (exact) mass is 238 g/mol. The van der Waals surface area contributed by atoms with Gasteiger partial charge < -0.3 is 10.6 Å². The molecule has 1 saturated heterocycles. The number of carbonyl (C=O) groups is 1. The van der Waals surface area contributed by atoms with Gasteiger partial charge in [-0.2, -0.15) is 0 Å². The number of hydrogen-bond acceptors (Lipinski definition) is 2. The van der Waals surface area contributed by atoms with Crippen molar-refractivity contribution in [3.8, 4) is 0 Å². The molecule has 1 aliphatic heterocycles. The van der Waals surface area contributed by atoms with Crippen LogP contribution in [0.4, 0.5) is 0 Å². The second kappa shape index (κ2) is 6.39. The summed E-state index contributed by atoms with van der Waals surface area (Å²) in [5, 5.41) is 6.60. The zero-order chi connectivity index (χ0) is 12.1. The molecule has 3 atom stereocenters. The lowest BCUT2D eigenvalue weighted by atomic mass is 9.96. The Morgan fingerprint density at radius 2 is 1.82 bits per heavy atom. The molecule has 0 radical (unpaired) electrons. The highest BCUT2D eigenvalue weighted by Crippen LogP contribution is 2.23. The number of hydrogen-bond donors (Lipinski definition) is 2. The lowest BCUT2D eigenvalue weighted by molar-refractivity contribution is -0.124. The summed E-state index contributed by atoms with van der Waals surface area (Å²) in [4.78, 5) is 12.2. The van der Waals surface area contributed by atoms with E-state index >= 15 is 0 Å². The third-order valence-corrected chi connectivity index (χ3v) is 4.32. The lowest BCUT2D eigenvalue weighted by Crippen LogP contribution is -2.50. The van der Waals surface area contributed by atoms with E-state index in [0.29, 0.717) is 12.0 Å². The molecule has 1 saturated carbocycles. The first-order valence-corrected chi connectivity index (χ1v) is 7.31. The number of nitrogens with one attached hydrogen (secondary N) is 2. The van der Waals surface area contributed by atoms with Crippen molar-refractivity contribution in [2.45, 2.75) is 70.4 Å². The van der Waals surface area contributed by atoms with Crippen molar-refractivity contribution in [1.82, 2.24) is 10.6 Å². The van der Waals surface area contributed by atoms with Crippen molar-refractivity contribution in [3.05, 3.63) is 0 Å². The minimum absolute atomic E-state index is 0.0687. The molecular formula is C14H26N2O. The normalized spacial score (nSPS) is 35.0. The maximum Gasteiger partial charge on any atom is 0.237 e. The average molecular weight is 238 g/mol. The van der Waals surface area contributed by atoms with Crippen LogP contribution in [-0.4, -0.2) is 24.5 Å². The van der Waals surface area contributed by atoms with Gasteiger partial charge in [-0.15, -0.1) is 0 Å². The summed E-state index contributed by atoms with van der Waals surface area (Å²) >= 11 is 0. The zero-order valence-electron chi connectivity index (χ0n) is 11.0. The van der Waals surface area contributed by atoms with E-state index in [4.69, 9.17) is 0 Å². The number of rotatable bonds is 2. The Labute approximate surface area is 105 Å². The van der Waals surface area contributed by atoms with Gasteiger partial charge >= 0.3 is 0 Å². The summed E-state index contributed by atoms with van der Waals surface area (Å²) in [6, 6.07) is 0.480. The van der Waals surface area contributed by atoms with Gasteiger partial charge in [0, 0.05) is 6.04 Å². The molecule has 2 unspecified atom stereocenters. The standard InChI is InChI=1S/C14H26N2O/c1-11-7-3-2-4-8-12(11)16-14(17)13-9-5-6-10-15-13/h11-13,15H,2-10H2,1H3,(H,16,17)/t11?,12?,13-/m1/s1. The average Bonchev–Trinajstić information content (AvgIpc) is 2.56. The van der Waals surface area contributed by atoms with E-state index in [1.165, 1.54) is 44.9 Å². The van der Waals surface area contributed by atoms with E-state index in [2.05, 4.69) is 17.6 Å². The Hall–Kier alpha value is -0.570. The van der Waals surface area contributed by atoms with Gasteiger partial charge in [0.15, 0.2) is 0 Å². The molecule has 0 aromatic rings. The second-order valence-electron chi connectivity index (χ2n) is 5.73. The van der Waals surface area contributed by atoms with E-state index in [1.807, 2.05) is 0 Å². The van der Waals surface area contributed by atoms with Gasteiger partial charge in [0.05, 0.1) is 6.04 Å². The molecule has 2 fully saturated rings. The fourth-order valence-corrected chi connectivity index (χ4v) is 3.07. The molecule has 3 nitrogen and oxygen atoms in total. The molecular weight excluding hydrogens is 212 g/mol. The van der Waals surface area contributed by atoms with E-state index in [1.54, 1.807) is 0 Å². The van der Waals surface area contributed by atoms with Crippen LogP contribution in [0.5, 0.6) is 0 Å². The second-order valence-corrected chi connectivity index (χ2v) is 5.73. The highest BCUT2D eigenvalue weighted by atomic mass is 16.2. The fourth-order valence-electron chi connectivity index (χ4n) is 3.07. The van der Waals surface area contributed by atoms with Gasteiger partial charge in [-0.05, 0) is 38.1 Å². The first-order chi connectivity index (χ1) is 8.27. The maximum atomic E-state index is 12.2. The summed E-state index contributed by atoms with van der Waals surface area (Å²) in [7, 11) is 0. The van der Waals surface area contributed by atoms with Crippen LogP contribution >= 0.6 is 0 Å². The molecule has 1 amide bonds. The molecule has 1 aliphatic carbocycles. The highest BCUT2D eigenvalue weighted by Gasteiger charge is 2.26. The van der Waals surface area contributed by atoms with Crippen LogP contribution in [0.1, 0.15) is 58.3 Å². The van der Waals surface area contributed by atoms with E-state index in [9.17, 15) is 4.79 Å². The zero-order valence-corrected chi connectivity index (χ0v) is 11.0. The Morgan fingerprint density at radius 3 is 2.59 bits per heavy atom. The highest BCUT2D eigenvalue weighted by molar-refractivity contribution is 5.82. The van der Waals surface area contributed by atoms with Crippen LogP contribution in [-0.2, 0) is 4.79 Å². The first-order valence-electron chi connectivity index (χ1n) is 7.31. The number of amides is 1. The van der Waals surface area contributed by atoms with E-state index in [-0.39, 0.29) is 11.9 Å². The molecule has 3 heteroatoms. The van der Waals surface area contributed by atoms with Gasteiger partial charge in [0.2, 0.25) is 5.91 Å². The largest absolute Gasteiger partial charge is 0.352 e. The van der Waals surface area contributed by atoms with Gasteiger partial charge in [-0.3, -0.25) is 4.79 Å². The Balaban J connectivity index is 1.83. The van der Waals surface area contributed by atoms with Crippen LogP contribution < -0.4 is 10.6 Å². The molecule has 1 heterocycles. The van der Waals surface area contributed by atoms with Crippen molar-refractivity contribution in [2.75, 3.05) is 6.54 Å². The first kappa shape index (κ1) is 12.9. The maximum absolute atomic E-state index is 12.2. The fraction of sp³-hybridized carbons (Fsp3) is 0.929. The third kappa shape index (κ3) is 3.70. The summed E-state index contributed by atoms with van der Waals surface area (Å²) in [6.07, 6.45) is 9.77. The molecule has 2 N–H and O–H groups in total. The predicted octanol–water partition coefficient (Wildman–Crippen LogP) is 2.21. The molecule has 0 aromatic heterocycles. The third-order valence-electron chi connectivity index (χ3n) is 4.32. The van der Waals surface area contributed by atoms with Gasteiger partial charge in [0.25, 0.3) is 0 Å². The van der Waals surface area contributed by atoms with Gasteiger partial charge in [-0.1, -0.05) is 32.6 Å². The Morgan fingerprint density at radius 1 is 1.06 bits per heavy atom. The SMILES string of the molecule is CC1CCCCCC1NC(=O)[C@H]1CCCCN1. The molecule has 2 rings (SSSR count). The van der Waals surface area contributed by atoms with Crippen molar-refractivity contribution in [3.63, 3.8) is 0 Å². The molecule has 17 heavy (non-hydrogen) atoms. The van der Waals surface area contributed by atoms with Crippen LogP contribution in [0.2, 0.25) is 0 Å². The molecule has 2 aliphatic rings. The predicted molar refractivity (Wildman–Crippen MR) is 69.8 cm³/mol. The van der Waals surface area contributed by atoms with Crippen LogP contribution in [0.3, 0.4) is 0 Å². The molecule has 0 bridgehead atoms. The van der Waals surface area contributed by atoms with Crippen LogP contribution in [0.15, 0.2) is 0 Å². The molecule has 98 valence electrons. The van der Waals surface area contributed by atoms with Crippen molar-refractivity contribution >= 4 is 5.91 Å². The minimum Gasteiger partial charge on any atom is -0.352 e. The summed E-state index contributed by atoms with van der Waals surface area (Å²) in [5.41, 5.74) is 0. The number of carbonyl (C=O) groups excluding carboxylic acids is 1. The van der Waals surface area contributed by atoms with Crippen LogP contribution in [0, 0.1) is 5.92 Å². The molecule has 0 aromatic carbocycles. The van der Waals surface area contributed by atoms with Crippen molar-refractivity contribution in [1.29, 1.82) is 0 Å². The quantitative estimate of drug-likeness (QED) is 0.724. The topological polar surface area (TPSA) is 41.1 Å². The Bertz CT molecular complexity index is 249. The number of piperidine rings is 1. The Kier molecular flexibility index (Phi) is 4.84. The smallest absolute Gasteiger partial charge is 0.237 e. The summed E-state index contributed by atoms with van der Waals surface area (Å²) in [5.74, 6) is 0.883. The summed E-state index contributed by atoms with van der Waals surface area (Å²) < 4.78 is 0. The van der Waals surface area contributed by atoms with E-state index in [0.717, 1.165) is 13.0 Å². The minimum atomic E-state index is 0.0687. The van der Waals surface area contributed by atoms with Crippen molar-refractivity contribution in [2.24, 2.45) is 5.92 Å². The summed E-state index contributed by atoms with van der Waals surface area (Å²) in [6.45, 7) is 3.28. The van der Waals surface area contributed by atoms with E-state index < -0.39 is 0 Å². The van der Waals surface area contributed by atoms with Gasteiger partial charge in [-0.25, -0.2) is 0 Å². The van der Waals surface area contributed by atoms with Gasteiger partial charge in [0.1, 0.15) is 0 Å². The molecule has 0 spiro atoms. The lowest BCUT2D eigenvalue weighted by Gasteiger charge is -2.28. The van der Waals surface area contributed by atoms with Crippen molar-refractivity contribution < 1.29 is 4.79 Å².